The maximum atomic E-state index is 10.6. The van der Waals surface area contributed by atoms with Crippen molar-refractivity contribution in [3.8, 4) is 0 Å². The molecule has 1 aliphatic carbocycles. The predicted octanol–water partition coefficient (Wildman–Crippen LogP) is 3.34. The molecule has 0 amide bonds. The average Bonchev–Trinajstić information content (AvgIpc) is 2.26. The summed E-state index contributed by atoms with van der Waals surface area (Å²) in [7, 11) is 0. The Labute approximate surface area is 98.5 Å². The summed E-state index contributed by atoms with van der Waals surface area (Å²) in [5.74, 6) is 0.682. The van der Waals surface area contributed by atoms with Crippen LogP contribution in [-0.2, 0) is 12.8 Å². The van der Waals surface area contributed by atoms with Crippen molar-refractivity contribution < 1.29 is 5.11 Å². The summed E-state index contributed by atoms with van der Waals surface area (Å²) in [6.45, 7) is 4.44. The molecule has 1 heteroatoms. The molecule has 0 bridgehead atoms. The number of fused-ring (bicyclic) bond motifs is 1. The molecule has 0 radical (unpaired) electrons. The van der Waals surface area contributed by atoms with Crippen LogP contribution in [0.25, 0.3) is 0 Å². The average molecular weight is 218 g/mol. The van der Waals surface area contributed by atoms with Crippen LogP contribution in [0.5, 0.6) is 0 Å². The molecule has 1 aliphatic rings. The Kier molecular flexibility index (Phi) is 3.34. The molecular weight excluding hydrogens is 196 g/mol. The number of hydrogen-bond donors (Lipinski definition) is 1. The summed E-state index contributed by atoms with van der Waals surface area (Å²) >= 11 is 0. The molecule has 0 fully saturated rings. The van der Waals surface area contributed by atoms with Gasteiger partial charge in [0.1, 0.15) is 0 Å². The summed E-state index contributed by atoms with van der Waals surface area (Å²) < 4.78 is 0. The maximum absolute atomic E-state index is 10.6. The van der Waals surface area contributed by atoms with Gasteiger partial charge >= 0.3 is 0 Å². The summed E-state index contributed by atoms with van der Waals surface area (Å²) in [6, 6.07) is 8.52. The molecule has 1 unspecified atom stereocenters. The first-order chi connectivity index (χ1) is 7.59. The van der Waals surface area contributed by atoms with Gasteiger partial charge in [0.05, 0.1) is 5.60 Å². The smallest absolute Gasteiger partial charge is 0.0691 e. The Morgan fingerprint density at radius 2 is 1.94 bits per heavy atom. The number of aliphatic hydroxyl groups is 1. The number of aryl methyl sites for hydroxylation is 1. The summed E-state index contributed by atoms with van der Waals surface area (Å²) in [4.78, 5) is 0. The maximum Gasteiger partial charge on any atom is 0.0691 e. The van der Waals surface area contributed by atoms with Gasteiger partial charge in [0, 0.05) is 6.42 Å². The van der Waals surface area contributed by atoms with Crippen LogP contribution < -0.4 is 0 Å². The number of hydrogen-bond acceptors (Lipinski definition) is 1. The third kappa shape index (κ3) is 2.65. The number of benzene rings is 1. The molecule has 1 nitrogen and oxygen atoms in total. The topological polar surface area (TPSA) is 20.2 Å². The van der Waals surface area contributed by atoms with Crippen LogP contribution in [0.3, 0.4) is 0 Å². The molecule has 1 N–H and O–H groups in total. The van der Waals surface area contributed by atoms with Crippen LogP contribution >= 0.6 is 0 Å². The first-order valence-electron chi connectivity index (χ1n) is 6.38. The van der Waals surface area contributed by atoms with Gasteiger partial charge in [0.25, 0.3) is 0 Å². The van der Waals surface area contributed by atoms with Gasteiger partial charge < -0.3 is 5.11 Å². The van der Waals surface area contributed by atoms with E-state index in [0.29, 0.717) is 5.92 Å². The predicted molar refractivity (Wildman–Crippen MR) is 67.5 cm³/mol. The van der Waals surface area contributed by atoms with Gasteiger partial charge in [0.15, 0.2) is 0 Å². The van der Waals surface area contributed by atoms with Crippen LogP contribution in [0.1, 0.15) is 44.2 Å². The zero-order chi connectivity index (χ0) is 11.6. The Morgan fingerprint density at radius 1 is 1.25 bits per heavy atom. The van der Waals surface area contributed by atoms with Gasteiger partial charge in [-0.1, -0.05) is 38.1 Å². The minimum atomic E-state index is -0.446. The van der Waals surface area contributed by atoms with E-state index in [1.165, 1.54) is 11.1 Å². The third-order valence-corrected chi connectivity index (χ3v) is 3.68. The SMILES string of the molecule is CC(C)CCC1(O)CCc2ccccc2C1. The number of rotatable bonds is 3. The Bertz CT molecular complexity index is 356. The molecule has 0 saturated heterocycles. The van der Waals surface area contributed by atoms with Gasteiger partial charge in [-0.3, -0.25) is 0 Å². The van der Waals surface area contributed by atoms with E-state index in [1.54, 1.807) is 0 Å². The van der Waals surface area contributed by atoms with Gasteiger partial charge in [-0.05, 0) is 42.7 Å². The lowest BCUT2D eigenvalue weighted by molar-refractivity contribution is 0.0131. The summed E-state index contributed by atoms with van der Waals surface area (Å²) in [6.07, 6.45) is 4.87. The van der Waals surface area contributed by atoms with Gasteiger partial charge in [-0.2, -0.15) is 0 Å². The minimum Gasteiger partial charge on any atom is -0.390 e. The molecule has 1 aromatic rings. The highest BCUT2D eigenvalue weighted by molar-refractivity contribution is 5.31. The van der Waals surface area contributed by atoms with Crippen LogP contribution in [0, 0.1) is 5.92 Å². The largest absolute Gasteiger partial charge is 0.390 e. The lowest BCUT2D eigenvalue weighted by Crippen LogP contribution is -2.36. The van der Waals surface area contributed by atoms with E-state index in [2.05, 4.69) is 38.1 Å². The highest BCUT2D eigenvalue weighted by atomic mass is 16.3. The monoisotopic (exact) mass is 218 g/mol. The van der Waals surface area contributed by atoms with E-state index < -0.39 is 5.60 Å². The fourth-order valence-electron chi connectivity index (χ4n) is 2.55. The van der Waals surface area contributed by atoms with E-state index in [4.69, 9.17) is 0 Å². The van der Waals surface area contributed by atoms with Crippen molar-refractivity contribution in [2.24, 2.45) is 5.92 Å². The second kappa shape index (κ2) is 4.58. The molecule has 1 aromatic carbocycles. The fourth-order valence-corrected chi connectivity index (χ4v) is 2.55. The molecular formula is C15H22O. The normalized spacial score (nSPS) is 24.5. The van der Waals surface area contributed by atoms with E-state index in [9.17, 15) is 5.11 Å². The molecule has 2 rings (SSSR count). The Balaban J connectivity index is 2.06. The first kappa shape index (κ1) is 11.7. The molecule has 16 heavy (non-hydrogen) atoms. The van der Waals surface area contributed by atoms with Crippen LogP contribution in [0.4, 0.5) is 0 Å². The first-order valence-corrected chi connectivity index (χ1v) is 6.38. The van der Waals surface area contributed by atoms with Crippen molar-refractivity contribution in [3.63, 3.8) is 0 Å². The lowest BCUT2D eigenvalue weighted by Gasteiger charge is -2.34. The summed E-state index contributed by atoms with van der Waals surface area (Å²) in [5, 5.41) is 10.6. The van der Waals surface area contributed by atoms with Gasteiger partial charge in [-0.15, -0.1) is 0 Å². The third-order valence-electron chi connectivity index (χ3n) is 3.68. The van der Waals surface area contributed by atoms with Crippen molar-refractivity contribution in [2.75, 3.05) is 0 Å². The lowest BCUT2D eigenvalue weighted by atomic mass is 9.77. The second-order valence-electron chi connectivity index (χ2n) is 5.60. The molecule has 0 heterocycles. The quantitative estimate of drug-likeness (QED) is 0.825. The van der Waals surface area contributed by atoms with Crippen LogP contribution in [0.2, 0.25) is 0 Å². The van der Waals surface area contributed by atoms with Crippen LogP contribution in [0.15, 0.2) is 24.3 Å². The van der Waals surface area contributed by atoms with Gasteiger partial charge in [0.2, 0.25) is 0 Å². The van der Waals surface area contributed by atoms with Gasteiger partial charge in [-0.25, -0.2) is 0 Å². The Hall–Kier alpha value is -0.820. The van der Waals surface area contributed by atoms with E-state index in [1.807, 2.05) is 0 Å². The van der Waals surface area contributed by atoms with Crippen molar-refractivity contribution in [1.82, 2.24) is 0 Å². The van der Waals surface area contributed by atoms with Crippen molar-refractivity contribution >= 4 is 0 Å². The van der Waals surface area contributed by atoms with E-state index >= 15 is 0 Å². The highest BCUT2D eigenvalue weighted by Gasteiger charge is 2.31. The highest BCUT2D eigenvalue weighted by Crippen LogP contribution is 2.32. The standard InChI is InChI=1S/C15H22O/c1-12(2)7-9-15(16)10-8-13-5-3-4-6-14(13)11-15/h3-6,12,16H,7-11H2,1-2H3. The van der Waals surface area contributed by atoms with Crippen molar-refractivity contribution in [3.05, 3.63) is 35.4 Å². The second-order valence-corrected chi connectivity index (χ2v) is 5.60. The van der Waals surface area contributed by atoms with Crippen molar-refractivity contribution in [1.29, 1.82) is 0 Å². The molecule has 88 valence electrons. The molecule has 0 aromatic heterocycles. The zero-order valence-electron chi connectivity index (χ0n) is 10.4. The molecule has 0 saturated carbocycles. The zero-order valence-corrected chi connectivity index (χ0v) is 10.4. The van der Waals surface area contributed by atoms with Crippen molar-refractivity contribution in [2.45, 2.75) is 51.6 Å². The Morgan fingerprint density at radius 3 is 2.62 bits per heavy atom. The van der Waals surface area contributed by atoms with E-state index in [0.717, 1.165) is 32.1 Å². The van der Waals surface area contributed by atoms with E-state index in [-0.39, 0.29) is 0 Å². The summed E-state index contributed by atoms with van der Waals surface area (Å²) in [5.41, 5.74) is 2.33. The van der Waals surface area contributed by atoms with Crippen LogP contribution in [-0.4, -0.2) is 10.7 Å². The molecule has 0 spiro atoms. The molecule has 1 atom stereocenters. The fraction of sp³-hybridized carbons (Fsp3) is 0.600. The minimum absolute atomic E-state index is 0.446. The molecule has 0 aliphatic heterocycles.